The highest BCUT2D eigenvalue weighted by Crippen LogP contribution is 2.17. The van der Waals surface area contributed by atoms with Crippen molar-refractivity contribution in [2.75, 3.05) is 6.61 Å². The van der Waals surface area contributed by atoms with E-state index >= 15 is 0 Å². The molecular weight excluding hydrogens is 464 g/mol. The molecule has 0 aliphatic heterocycles. The zero-order valence-electron chi connectivity index (χ0n) is 26.1. The molecule has 0 amide bonds. The Morgan fingerprint density at radius 3 is 0.632 bits per heavy atom. The van der Waals surface area contributed by atoms with E-state index < -0.39 is 0 Å². The summed E-state index contributed by atoms with van der Waals surface area (Å²) < 4.78 is 0. The van der Waals surface area contributed by atoms with Gasteiger partial charge >= 0.3 is 0 Å². The number of aliphatic hydroxyl groups excluding tert-OH is 2. The Labute approximate surface area is 240 Å². The number of rotatable bonds is 34. The second kappa shape index (κ2) is 36.5. The molecule has 0 aliphatic rings. The standard InChI is InChI=1S/C36H72O2/c37-35-33-31-29-27-25-23-21-19-17-15-13-11-9-7-5-3-1-2-4-6-8-10-12-14-16-18-20-22-24-26-28-30-32-34-36-38/h33,35,37-38H,1-32,34,36H2. The van der Waals surface area contributed by atoms with E-state index in [1.54, 1.807) is 0 Å². The van der Waals surface area contributed by atoms with E-state index in [1.165, 1.54) is 205 Å². The van der Waals surface area contributed by atoms with Gasteiger partial charge in [-0.05, 0) is 19.3 Å². The number of hydrogen-bond donors (Lipinski definition) is 2. The van der Waals surface area contributed by atoms with Gasteiger partial charge in [-0.1, -0.05) is 199 Å². The van der Waals surface area contributed by atoms with Crippen molar-refractivity contribution >= 4 is 0 Å². The molecule has 0 heterocycles. The SMILES string of the molecule is OC=CCCCCCCCCCCCCCCCCCCCCCCCCCCCCCCCCCCO. The van der Waals surface area contributed by atoms with Gasteiger partial charge in [0.2, 0.25) is 0 Å². The summed E-state index contributed by atoms with van der Waals surface area (Å²) in [4.78, 5) is 0. The van der Waals surface area contributed by atoms with E-state index in [0.29, 0.717) is 6.61 Å². The van der Waals surface area contributed by atoms with E-state index in [1.807, 2.05) is 6.08 Å². The molecular formula is C36H72O2. The van der Waals surface area contributed by atoms with Crippen molar-refractivity contribution < 1.29 is 10.2 Å². The Morgan fingerprint density at radius 1 is 0.263 bits per heavy atom. The maximum Gasteiger partial charge on any atom is 0.0751 e. The molecule has 0 spiro atoms. The van der Waals surface area contributed by atoms with Crippen molar-refractivity contribution in [3.8, 4) is 0 Å². The fourth-order valence-electron chi connectivity index (χ4n) is 5.75. The van der Waals surface area contributed by atoms with Crippen molar-refractivity contribution in [2.45, 2.75) is 212 Å². The third-order valence-electron chi connectivity index (χ3n) is 8.38. The van der Waals surface area contributed by atoms with Crippen LogP contribution < -0.4 is 0 Å². The summed E-state index contributed by atoms with van der Waals surface area (Å²) in [5.41, 5.74) is 0. The van der Waals surface area contributed by atoms with Crippen LogP contribution in [0.5, 0.6) is 0 Å². The van der Waals surface area contributed by atoms with Gasteiger partial charge in [-0.3, -0.25) is 0 Å². The van der Waals surface area contributed by atoms with Crippen molar-refractivity contribution in [1.82, 2.24) is 0 Å². The normalized spacial score (nSPS) is 11.7. The van der Waals surface area contributed by atoms with E-state index in [4.69, 9.17) is 10.2 Å². The molecule has 0 aliphatic carbocycles. The summed E-state index contributed by atoms with van der Waals surface area (Å²) >= 11 is 0. The molecule has 0 aromatic carbocycles. The Kier molecular flexibility index (Phi) is 36.0. The number of unbranched alkanes of at least 4 members (excludes halogenated alkanes) is 32. The third-order valence-corrected chi connectivity index (χ3v) is 8.38. The average molecular weight is 537 g/mol. The minimum atomic E-state index is 0.371. The maximum atomic E-state index is 8.78. The smallest absolute Gasteiger partial charge is 0.0751 e. The minimum Gasteiger partial charge on any atom is -0.516 e. The zero-order valence-corrected chi connectivity index (χ0v) is 26.1. The molecule has 228 valence electrons. The van der Waals surface area contributed by atoms with Crippen LogP contribution in [0.25, 0.3) is 0 Å². The Bertz CT molecular complexity index is 420. The van der Waals surface area contributed by atoms with Crippen molar-refractivity contribution in [1.29, 1.82) is 0 Å². The number of aliphatic hydroxyl groups is 2. The van der Waals surface area contributed by atoms with E-state index in [9.17, 15) is 0 Å². The zero-order chi connectivity index (χ0) is 27.5. The van der Waals surface area contributed by atoms with Gasteiger partial charge in [0, 0.05) is 6.61 Å². The first-order chi connectivity index (χ1) is 18.9. The Balaban J connectivity index is 3.02. The van der Waals surface area contributed by atoms with E-state index in [-0.39, 0.29) is 0 Å². The molecule has 0 aromatic heterocycles. The largest absolute Gasteiger partial charge is 0.516 e. The highest BCUT2D eigenvalue weighted by Gasteiger charge is 1.97. The third kappa shape index (κ3) is 35.5. The molecule has 2 nitrogen and oxygen atoms in total. The first-order valence-electron chi connectivity index (χ1n) is 17.8. The Hall–Kier alpha value is -0.500. The molecule has 0 fully saturated rings. The van der Waals surface area contributed by atoms with Crippen LogP contribution in [0.3, 0.4) is 0 Å². The minimum absolute atomic E-state index is 0.371. The summed E-state index contributed by atoms with van der Waals surface area (Å²) in [7, 11) is 0. The number of allylic oxidation sites excluding steroid dienone is 1. The molecule has 0 bridgehead atoms. The first kappa shape index (κ1) is 37.5. The summed E-state index contributed by atoms with van der Waals surface area (Å²) in [6.07, 6.45) is 49.2. The highest BCUT2D eigenvalue weighted by atomic mass is 16.3. The van der Waals surface area contributed by atoms with Gasteiger partial charge in [-0.2, -0.15) is 0 Å². The van der Waals surface area contributed by atoms with Gasteiger partial charge < -0.3 is 10.2 Å². The van der Waals surface area contributed by atoms with Crippen LogP contribution in [0.4, 0.5) is 0 Å². The van der Waals surface area contributed by atoms with Crippen LogP contribution in [-0.2, 0) is 0 Å². The average Bonchev–Trinajstić information content (AvgIpc) is 2.93. The molecule has 0 unspecified atom stereocenters. The molecule has 0 saturated carbocycles. The second-order valence-corrected chi connectivity index (χ2v) is 12.2. The molecule has 2 heteroatoms. The van der Waals surface area contributed by atoms with Crippen LogP contribution in [0.2, 0.25) is 0 Å². The van der Waals surface area contributed by atoms with Crippen LogP contribution in [-0.4, -0.2) is 16.8 Å². The van der Waals surface area contributed by atoms with E-state index in [0.717, 1.165) is 12.8 Å². The number of hydrogen-bond acceptors (Lipinski definition) is 2. The van der Waals surface area contributed by atoms with Gasteiger partial charge in [0.15, 0.2) is 0 Å². The fraction of sp³-hybridized carbons (Fsp3) is 0.944. The van der Waals surface area contributed by atoms with Gasteiger partial charge in [-0.15, -0.1) is 0 Å². The molecule has 38 heavy (non-hydrogen) atoms. The summed E-state index contributed by atoms with van der Waals surface area (Å²) in [6.45, 7) is 0.371. The van der Waals surface area contributed by atoms with Gasteiger partial charge in [0.05, 0.1) is 6.26 Å². The predicted octanol–water partition coefficient (Wildman–Crippen LogP) is 12.9. The van der Waals surface area contributed by atoms with Gasteiger partial charge in [-0.25, -0.2) is 0 Å². The topological polar surface area (TPSA) is 40.5 Å². The van der Waals surface area contributed by atoms with Crippen LogP contribution in [0.1, 0.15) is 212 Å². The summed E-state index contributed by atoms with van der Waals surface area (Å²) in [5.74, 6) is 0. The predicted molar refractivity (Wildman–Crippen MR) is 171 cm³/mol. The second-order valence-electron chi connectivity index (χ2n) is 12.2. The van der Waals surface area contributed by atoms with Crippen molar-refractivity contribution in [2.24, 2.45) is 0 Å². The molecule has 0 rings (SSSR count). The lowest BCUT2D eigenvalue weighted by Gasteiger charge is -2.05. The molecule has 0 atom stereocenters. The highest BCUT2D eigenvalue weighted by molar-refractivity contribution is 4.70. The molecule has 0 saturated heterocycles. The van der Waals surface area contributed by atoms with Crippen LogP contribution in [0.15, 0.2) is 12.3 Å². The summed E-state index contributed by atoms with van der Waals surface area (Å²) in [6, 6.07) is 0. The van der Waals surface area contributed by atoms with Crippen molar-refractivity contribution in [3.63, 3.8) is 0 Å². The fourth-order valence-corrected chi connectivity index (χ4v) is 5.75. The molecule has 2 N–H and O–H groups in total. The van der Waals surface area contributed by atoms with Crippen LogP contribution >= 0.6 is 0 Å². The molecule has 0 aromatic rings. The van der Waals surface area contributed by atoms with Crippen molar-refractivity contribution in [3.05, 3.63) is 12.3 Å². The van der Waals surface area contributed by atoms with Crippen LogP contribution in [0, 0.1) is 0 Å². The van der Waals surface area contributed by atoms with Gasteiger partial charge in [0.1, 0.15) is 0 Å². The Morgan fingerprint density at radius 2 is 0.447 bits per heavy atom. The molecule has 0 radical (unpaired) electrons. The van der Waals surface area contributed by atoms with E-state index in [2.05, 4.69) is 0 Å². The maximum absolute atomic E-state index is 8.78. The lowest BCUT2D eigenvalue weighted by atomic mass is 10.0. The lowest BCUT2D eigenvalue weighted by molar-refractivity contribution is 0.282. The quantitative estimate of drug-likeness (QED) is 0.0634. The summed E-state index contributed by atoms with van der Waals surface area (Å²) in [5, 5.41) is 17.4. The lowest BCUT2D eigenvalue weighted by Crippen LogP contribution is -1.85. The van der Waals surface area contributed by atoms with Gasteiger partial charge in [0.25, 0.3) is 0 Å². The monoisotopic (exact) mass is 537 g/mol. The first-order valence-corrected chi connectivity index (χ1v) is 17.8.